The molecule has 0 N–H and O–H groups in total. The van der Waals surface area contributed by atoms with Gasteiger partial charge in [-0.2, -0.15) is 0 Å². The van der Waals surface area contributed by atoms with Crippen molar-refractivity contribution in [3.05, 3.63) is 9.52 Å². The first-order valence-corrected chi connectivity index (χ1v) is 4.93. The second kappa shape index (κ2) is 3.33. The molecule has 0 aromatic heterocycles. The van der Waals surface area contributed by atoms with Gasteiger partial charge in [-0.1, -0.05) is 48.1 Å². The molecule has 0 radical (unpaired) electrons. The number of hydrogen-bond acceptors (Lipinski definition) is 0. The molecule has 4 heteroatoms. The Morgan fingerprint density at radius 2 is 2.00 bits per heavy atom. The normalized spacial score (nSPS) is 35.2. The number of alkyl halides is 1. The van der Waals surface area contributed by atoms with Gasteiger partial charge in [0, 0.05) is 0 Å². The molecule has 1 saturated carbocycles. The minimum atomic E-state index is -0.449. The summed E-state index contributed by atoms with van der Waals surface area (Å²) in [6, 6.07) is 0. The Labute approximate surface area is 86.4 Å². The van der Waals surface area contributed by atoms with E-state index in [1.54, 1.807) is 0 Å². The minimum absolute atomic E-state index is 0.0950. The summed E-state index contributed by atoms with van der Waals surface area (Å²) in [4.78, 5) is -0.449. The molecule has 1 aliphatic rings. The first kappa shape index (κ1) is 9.98. The fraction of sp³-hybridized carbons (Fsp3) is 0.714. The molecule has 0 bridgehead atoms. The van der Waals surface area contributed by atoms with Gasteiger partial charge in [-0.25, -0.2) is 0 Å². The Balaban J connectivity index is 2.71. The highest BCUT2D eigenvalue weighted by Gasteiger charge is 2.54. The van der Waals surface area contributed by atoms with Crippen molar-refractivity contribution in [3.8, 4) is 0 Å². The second-order valence-electron chi connectivity index (χ2n) is 2.75. The van der Waals surface area contributed by atoms with E-state index in [0.29, 0.717) is 11.0 Å². The average Bonchev–Trinajstić information content (AvgIpc) is 2.61. The molecule has 0 aromatic carbocycles. The van der Waals surface area contributed by atoms with Crippen LogP contribution in [0.15, 0.2) is 9.52 Å². The maximum atomic E-state index is 6.10. The number of hydrogen-bond donors (Lipinski definition) is 0. The van der Waals surface area contributed by atoms with Crippen molar-refractivity contribution in [1.82, 2.24) is 0 Å². The summed E-state index contributed by atoms with van der Waals surface area (Å²) in [7, 11) is 0. The first-order chi connectivity index (χ1) is 5.02. The molecule has 0 aromatic rings. The monoisotopic (exact) mass is 232 g/mol. The van der Waals surface area contributed by atoms with E-state index in [0.717, 1.165) is 12.8 Å². The molecular formula is C7H8Cl4. The van der Waals surface area contributed by atoms with Crippen LogP contribution in [0.5, 0.6) is 0 Å². The third-order valence-corrected chi connectivity index (χ3v) is 3.90. The predicted molar refractivity (Wildman–Crippen MR) is 51.6 cm³/mol. The van der Waals surface area contributed by atoms with Gasteiger partial charge in [0.1, 0.15) is 4.49 Å². The average molecular weight is 234 g/mol. The van der Waals surface area contributed by atoms with E-state index in [-0.39, 0.29) is 4.49 Å². The number of allylic oxidation sites excluding steroid dienone is 1. The lowest BCUT2D eigenvalue weighted by atomic mass is 10.2. The van der Waals surface area contributed by atoms with E-state index < -0.39 is 4.87 Å². The van der Waals surface area contributed by atoms with Crippen LogP contribution in [0.1, 0.15) is 19.8 Å². The standard InChI is InChI=1S/C7H8Cl4/c1-2-4-3-7(4,11)5(8)6(9)10/h4H,2-3H2,1H3. The zero-order chi connectivity index (χ0) is 8.65. The molecule has 0 saturated heterocycles. The summed E-state index contributed by atoms with van der Waals surface area (Å²) in [5, 5.41) is 0.398. The van der Waals surface area contributed by atoms with Crippen molar-refractivity contribution in [1.29, 1.82) is 0 Å². The van der Waals surface area contributed by atoms with Crippen LogP contribution in [0.3, 0.4) is 0 Å². The highest BCUT2D eigenvalue weighted by Crippen LogP contribution is 2.58. The third kappa shape index (κ3) is 1.80. The van der Waals surface area contributed by atoms with E-state index in [1.807, 2.05) is 0 Å². The SMILES string of the molecule is CCC1CC1(Cl)C(Cl)=C(Cl)Cl. The Morgan fingerprint density at radius 1 is 1.45 bits per heavy atom. The van der Waals surface area contributed by atoms with Crippen molar-refractivity contribution in [3.63, 3.8) is 0 Å². The van der Waals surface area contributed by atoms with Gasteiger partial charge in [-0.15, -0.1) is 11.6 Å². The highest BCUT2D eigenvalue weighted by molar-refractivity contribution is 6.60. The highest BCUT2D eigenvalue weighted by atomic mass is 35.5. The van der Waals surface area contributed by atoms with E-state index in [9.17, 15) is 0 Å². The van der Waals surface area contributed by atoms with Crippen LogP contribution in [0, 0.1) is 5.92 Å². The second-order valence-corrected chi connectivity index (χ2v) is 4.75. The molecule has 0 amide bonds. The third-order valence-electron chi connectivity index (χ3n) is 2.05. The van der Waals surface area contributed by atoms with Gasteiger partial charge in [0.2, 0.25) is 0 Å². The van der Waals surface area contributed by atoms with Crippen LogP contribution in [0.25, 0.3) is 0 Å². The quantitative estimate of drug-likeness (QED) is 0.625. The zero-order valence-corrected chi connectivity index (χ0v) is 9.03. The van der Waals surface area contributed by atoms with E-state index in [4.69, 9.17) is 46.4 Å². The van der Waals surface area contributed by atoms with Gasteiger partial charge in [0.15, 0.2) is 0 Å². The van der Waals surface area contributed by atoms with Crippen LogP contribution in [-0.2, 0) is 0 Å². The molecule has 64 valence electrons. The molecule has 0 spiro atoms. The summed E-state index contributed by atoms with van der Waals surface area (Å²) >= 11 is 22.9. The Kier molecular flexibility index (Phi) is 3.03. The molecular weight excluding hydrogens is 226 g/mol. The molecule has 0 heterocycles. The largest absolute Gasteiger partial charge is 0.123 e. The lowest BCUT2D eigenvalue weighted by Crippen LogP contribution is -2.02. The summed E-state index contributed by atoms with van der Waals surface area (Å²) in [6.45, 7) is 2.07. The molecule has 1 fully saturated rings. The van der Waals surface area contributed by atoms with Crippen molar-refractivity contribution in [2.75, 3.05) is 0 Å². The summed E-state index contributed by atoms with van der Waals surface area (Å²) < 4.78 is 0.0950. The molecule has 1 aliphatic carbocycles. The summed E-state index contributed by atoms with van der Waals surface area (Å²) in [6.07, 6.45) is 1.90. The minimum Gasteiger partial charge on any atom is -0.113 e. The number of halogens is 4. The van der Waals surface area contributed by atoms with Crippen LogP contribution in [0.4, 0.5) is 0 Å². The molecule has 11 heavy (non-hydrogen) atoms. The Bertz CT molecular complexity index is 195. The van der Waals surface area contributed by atoms with Gasteiger partial charge in [0.25, 0.3) is 0 Å². The van der Waals surface area contributed by atoms with E-state index in [1.165, 1.54) is 0 Å². The summed E-state index contributed by atoms with van der Waals surface area (Å²) in [5.74, 6) is 0.434. The van der Waals surface area contributed by atoms with Crippen LogP contribution >= 0.6 is 46.4 Å². The van der Waals surface area contributed by atoms with Crippen molar-refractivity contribution < 1.29 is 0 Å². The smallest absolute Gasteiger partial charge is 0.113 e. The topological polar surface area (TPSA) is 0 Å². The molecule has 0 nitrogen and oxygen atoms in total. The zero-order valence-electron chi connectivity index (χ0n) is 6.00. The van der Waals surface area contributed by atoms with Crippen molar-refractivity contribution >= 4 is 46.4 Å². The Morgan fingerprint density at radius 3 is 2.27 bits per heavy atom. The maximum Gasteiger partial charge on any atom is 0.123 e. The van der Waals surface area contributed by atoms with Crippen LogP contribution in [-0.4, -0.2) is 4.87 Å². The Hall–Kier alpha value is 0.900. The first-order valence-electron chi connectivity index (χ1n) is 3.42. The molecule has 2 atom stereocenters. The number of rotatable bonds is 2. The van der Waals surface area contributed by atoms with Crippen LogP contribution < -0.4 is 0 Å². The maximum absolute atomic E-state index is 6.10. The van der Waals surface area contributed by atoms with Gasteiger partial charge >= 0.3 is 0 Å². The molecule has 1 rings (SSSR count). The van der Waals surface area contributed by atoms with Gasteiger partial charge in [-0.3, -0.25) is 0 Å². The van der Waals surface area contributed by atoms with Crippen molar-refractivity contribution in [2.45, 2.75) is 24.6 Å². The fourth-order valence-corrected chi connectivity index (χ4v) is 2.29. The van der Waals surface area contributed by atoms with E-state index >= 15 is 0 Å². The molecule has 2 unspecified atom stereocenters. The lowest BCUT2D eigenvalue weighted by molar-refractivity contribution is 0.765. The van der Waals surface area contributed by atoms with Gasteiger partial charge in [0.05, 0.1) is 9.91 Å². The predicted octanol–water partition coefficient (Wildman–Crippen LogP) is 4.28. The fourth-order valence-electron chi connectivity index (χ4n) is 1.19. The van der Waals surface area contributed by atoms with Crippen LogP contribution in [0.2, 0.25) is 0 Å². The van der Waals surface area contributed by atoms with Crippen molar-refractivity contribution in [2.24, 2.45) is 5.92 Å². The molecule has 0 aliphatic heterocycles. The summed E-state index contributed by atoms with van der Waals surface area (Å²) in [5.41, 5.74) is 0. The van der Waals surface area contributed by atoms with E-state index in [2.05, 4.69) is 6.92 Å². The lowest BCUT2D eigenvalue weighted by Gasteiger charge is -2.05. The van der Waals surface area contributed by atoms with Gasteiger partial charge < -0.3 is 0 Å². The van der Waals surface area contributed by atoms with Gasteiger partial charge in [-0.05, 0) is 12.3 Å².